The summed E-state index contributed by atoms with van der Waals surface area (Å²) in [7, 11) is 0. The van der Waals surface area contributed by atoms with Gasteiger partial charge in [-0.15, -0.1) is 0 Å². The Morgan fingerprint density at radius 1 is 0.600 bits per heavy atom. The van der Waals surface area contributed by atoms with Crippen LogP contribution >= 0.6 is 0 Å². The van der Waals surface area contributed by atoms with E-state index < -0.39 is 17.9 Å². The van der Waals surface area contributed by atoms with E-state index in [1.807, 2.05) is 0 Å². The summed E-state index contributed by atoms with van der Waals surface area (Å²) in [4.78, 5) is 9.47. The molecule has 0 amide bonds. The Labute approximate surface area is 152 Å². The molecule has 4 nitrogen and oxygen atoms in total. The summed E-state index contributed by atoms with van der Waals surface area (Å²) >= 11 is -0.972. The van der Waals surface area contributed by atoms with Gasteiger partial charge in [0.2, 0.25) is 0 Å². The van der Waals surface area contributed by atoms with Gasteiger partial charge in [-0.05, 0) is 0 Å². The van der Waals surface area contributed by atoms with Crippen molar-refractivity contribution in [3.63, 3.8) is 0 Å². The minimum atomic E-state index is -0.972. The summed E-state index contributed by atoms with van der Waals surface area (Å²) in [6, 6.07) is 8.77. The molecule has 2 aromatic rings. The SMILES string of the molecule is C1=CC2=NC1=Cc1ccc3[n]1[Ga][n]1c(ccc1=CC1=NC(=C3)C=C1)=C2. The van der Waals surface area contributed by atoms with Gasteiger partial charge in [-0.2, -0.15) is 0 Å². The molecular formula is C20H12GaN4. The van der Waals surface area contributed by atoms with E-state index in [4.69, 9.17) is 9.98 Å². The molecular weight excluding hydrogens is 366 g/mol. The second kappa shape index (κ2) is 4.87. The standard InChI is InChI=1S/C20H12N4.Ga/c1-2-14-10-16-5-6-18(23-16)12-20-8-7-19(24-20)11-17-4-3-15(22-17)9-13(1)21-14;/h1-12H;/q-2;+2. The molecule has 115 valence electrons. The third-order valence-corrected chi connectivity index (χ3v) is 8.21. The topological polar surface area (TPSA) is 34.6 Å². The van der Waals surface area contributed by atoms with Gasteiger partial charge in [-0.25, -0.2) is 0 Å². The molecule has 2 aromatic heterocycles. The summed E-state index contributed by atoms with van der Waals surface area (Å²) in [5.74, 6) is 0. The number of fused-ring (bicyclic) bond motifs is 2. The number of hydrogen-bond acceptors (Lipinski definition) is 2. The van der Waals surface area contributed by atoms with Crippen molar-refractivity contribution in [1.82, 2.24) is 6.55 Å². The molecule has 6 rings (SSSR count). The maximum atomic E-state index is 4.73. The molecule has 0 spiro atoms. The first-order valence-corrected chi connectivity index (χ1v) is 10.4. The van der Waals surface area contributed by atoms with Gasteiger partial charge in [0, 0.05) is 0 Å². The van der Waals surface area contributed by atoms with E-state index in [0.29, 0.717) is 0 Å². The quantitative estimate of drug-likeness (QED) is 0.624. The number of rotatable bonds is 0. The average Bonchev–Trinajstić information content (AvgIpc) is 3.37. The van der Waals surface area contributed by atoms with Crippen LogP contribution in [0.3, 0.4) is 0 Å². The van der Waals surface area contributed by atoms with Crippen LogP contribution in [0.15, 0.2) is 69.9 Å². The fourth-order valence-electron chi connectivity index (χ4n) is 3.53. The second-order valence-corrected chi connectivity index (χ2v) is 9.04. The zero-order valence-corrected chi connectivity index (χ0v) is 15.7. The molecule has 5 heteroatoms. The van der Waals surface area contributed by atoms with Gasteiger partial charge in [-0.1, -0.05) is 0 Å². The summed E-state index contributed by atoms with van der Waals surface area (Å²) in [5, 5.41) is 2.44. The van der Waals surface area contributed by atoms with E-state index >= 15 is 0 Å². The summed E-state index contributed by atoms with van der Waals surface area (Å²) in [5.41, 5.74) is 6.50. The maximum absolute atomic E-state index is 4.73. The van der Waals surface area contributed by atoms with E-state index in [2.05, 4.69) is 79.4 Å². The third-order valence-electron chi connectivity index (χ3n) is 4.74. The molecule has 0 fully saturated rings. The van der Waals surface area contributed by atoms with E-state index in [-0.39, 0.29) is 0 Å². The molecule has 0 atom stereocenters. The number of aliphatic imine (C=N–C) groups is 2. The van der Waals surface area contributed by atoms with Crippen molar-refractivity contribution >= 4 is 53.6 Å². The van der Waals surface area contributed by atoms with Crippen LogP contribution in [0, 0.1) is 0 Å². The van der Waals surface area contributed by atoms with Gasteiger partial charge < -0.3 is 0 Å². The molecule has 4 aliphatic heterocycles. The molecule has 25 heavy (non-hydrogen) atoms. The van der Waals surface area contributed by atoms with Crippen molar-refractivity contribution in [2.45, 2.75) is 0 Å². The van der Waals surface area contributed by atoms with Crippen molar-refractivity contribution in [1.29, 1.82) is 0 Å². The van der Waals surface area contributed by atoms with Crippen molar-refractivity contribution in [2.24, 2.45) is 9.98 Å². The zero-order valence-electron chi connectivity index (χ0n) is 13.3. The fourth-order valence-corrected chi connectivity index (χ4v) is 6.48. The first-order chi connectivity index (χ1) is 12.3. The Balaban J connectivity index is 1.79. The first-order valence-electron chi connectivity index (χ1n) is 8.26. The van der Waals surface area contributed by atoms with Crippen LogP contribution in [0.2, 0.25) is 0 Å². The van der Waals surface area contributed by atoms with Crippen molar-refractivity contribution in [3.05, 3.63) is 82.0 Å². The molecule has 0 saturated carbocycles. The van der Waals surface area contributed by atoms with Crippen molar-refractivity contribution in [2.75, 3.05) is 0 Å². The van der Waals surface area contributed by atoms with Crippen LogP contribution in [-0.2, 0) is 0 Å². The Kier molecular flexibility index (Phi) is 2.64. The molecule has 0 aromatic carbocycles. The van der Waals surface area contributed by atoms with E-state index in [1.165, 1.54) is 22.1 Å². The Morgan fingerprint density at radius 3 is 1.72 bits per heavy atom. The Hall–Kier alpha value is -2.76. The van der Waals surface area contributed by atoms with Gasteiger partial charge in [-0.3, -0.25) is 0 Å². The second-order valence-electron chi connectivity index (χ2n) is 6.39. The van der Waals surface area contributed by atoms with Crippen LogP contribution in [-0.4, -0.2) is 35.9 Å². The third kappa shape index (κ3) is 2.10. The Bertz CT molecular complexity index is 1160. The van der Waals surface area contributed by atoms with E-state index in [9.17, 15) is 0 Å². The number of nitrogens with zero attached hydrogens (tertiary/aromatic N) is 4. The van der Waals surface area contributed by atoms with Crippen molar-refractivity contribution in [3.8, 4) is 0 Å². The summed E-state index contributed by atoms with van der Waals surface area (Å²) in [6.45, 7) is 0. The molecule has 1 radical (unpaired) electrons. The number of aromatic nitrogens is 2. The predicted molar refractivity (Wildman–Crippen MR) is 103 cm³/mol. The van der Waals surface area contributed by atoms with E-state index in [1.54, 1.807) is 0 Å². The van der Waals surface area contributed by atoms with Crippen LogP contribution in [0.4, 0.5) is 0 Å². The van der Waals surface area contributed by atoms with Gasteiger partial charge in [0.25, 0.3) is 0 Å². The van der Waals surface area contributed by atoms with Gasteiger partial charge in [0.1, 0.15) is 0 Å². The van der Waals surface area contributed by atoms with Crippen LogP contribution in [0.25, 0.3) is 24.3 Å². The first kappa shape index (κ1) is 13.5. The molecule has 6 heterocycles. The zero-order chi connectivity index (χ0) is 16.4. The summed E-state index contributed by atoms with van der Waals surface area (Å²) in [6.07, 6.45) is 17.1. The van der Waals surface area contributed by atoms with Crippen LogP contribution in [0.1, 0.15) is 11.4 Å². The van der Waals surface area contributed by atoms with Gasteiger partial charge in [0.15, 0.2) is 0 Å². The molecule has 0 aliphatic carbocycles. The van der Waals surface area contributed by atoms with Crippen LogP contribution < -0.4 is 10.7 Å². The predicted octanol–water partition coefficient (Wildman–Crippen LogP) is 1.51. The average molecular weight is 378 g/mol. The van der Waals surface area contributed by atoms with Crippen LogP contribution in [0.5, 0.6) is 0 Å². The normalized spacial score (nSPS) is 18.4. The number of allylic oxidation sites excluding steroid dienone is 4. The number of hydrogen-bond donors (Lipinski definition) is 0. The minimum absolute atomic E-state index is 0.972. The molecule has 6 bridgehead atoms. The molecule has 0 unspecified atom stereocenters. The summed E-state index contributed by atoms with van der Waals surface area (Å²) < 4.78 is 4.94. The Morgan fingerprint density at radius 2 is 1.16 bits per heavy atom. The van der Waals surface area contributed by atoms with Gasteiger partial charge >= 0.3 is 152 Å². The monoisotopic (exact) mass is 377 g/mol. The van der Waals surface area contributed by atoms with Crippen molar-refractivity contribution < 1.29 is 0 Å². The van der Waals surface area contributed by atoms with E-state index in [0.717, 1.165) is 22.8 Å². The molecule has 4 aliphatic rings. The molecule has 0 N–H and O–H groups in total. The fraction of sp³-hybridized carbons (Fsp3) is 0. The molecule has 0 saturated heterocycles. The van der Waals surface area contributed by atoms with Gasteiger partial charge in [0.05, 0.1) is 0 Å².